The average Bonchev–Trinajstić information content (AvgIpc) is 3.21. The lowest BCUT2D eigenvalue weighted by Gasteiger charge is -2.37. The first kappa shape index (κ1) is 34.6. The van der Waals surface area contributed by atoms with Crippen molar-refractivity contribution in [2.75, 3.05) is 0 Å². The van der Waals surface area contributed by atoms with Crippen molar-refractivity contribution in [2.45, 2.75) is 19.3 Å². The summed E-state index contributed by atoms with van der Waals surface area (Å²) >= 11 is 2.69. The second-order valence-corrected chi connectivity index (χ2v) is 14.7. The number of carbonyl (C=O) groups is 2. The van der Waals surface area contributed by atoms with E-state index in [1.807, 2.05) is 182 Å². The van der Waals surface area contributed by atoms with Gasteiger partial charge in [-0.25, -0.2) is 9.59 Å². The fraction of sp³-hybridized carbons (Fsp3) is 0.0435. The first-order chi connectivity index (χ1) is 25.4. The molecule has 2 N–H and O–H groups in total. The molecule has 52 heavy (non-hydrogen) atoms. The van der Waals surface area contributed by atoms with E-state index in [0.717, 1.165) is 33.4 Å². The van der Waals surface area contributed by atoms with Crippen molar-refractivity contribution in [3.63, 3.8) is 0 Å². The van der Waals surface area contributed by atoms with Gasteiger partial charge in [-0.3, -0.25) is 0 Å². The highest BCUT2D eigenvalue weighted by Crippen LogP contribution is 2.55. The molecule has 0 radical (unpaired) electrons. The molecule has 0 bridgehead atoms. The minimum absolute atomic E-state index is 0.0211. The number of thioether (sulfide) groups is 2. The molecule has 0 saturated heterocycles. The molecule has 0 spiro atoms. The maximum absolute atomic E-state index is 13.4. The fourth-order valence-corrected chi connectivity index (χ4v) is 9.83. The molecular weight excluding hydrogens is 681 g/mol. The van der Waals surface area contributed by atoms with Gasteiger partial charge in [-0.15, -0.1) is 23.5 Å². The minimum Gasteiger partial charge on any atom is -0.478 e. The predicted molar refractivity (Wildman–Crippen MR) is 210 cm³/mol. The van der Waals surface area contributed by atoms with Crippen molar-refractivity contribution < 1.29 is 19.8 Å². The highest BCUT2D eigenvalue weighted by Gasteiger charge is 2.41. The van der Waals surface area contributed by atoms with Gasteiger partial charge in [0.1, 0.15) is 0 Å². The Morgan fingerprint density at radius 1 is 0.346 bits per heavy atom. The minimum atomic E-state index is -1.14. The molecule has 7 aromatic carbocycles. The van der Waals surface area contributed by atoms with Crippen LogP contribution in [0.15, 0.2) is 204 Å². The van der Waals surface area contributed by atoms with Crippen molar-refractivity contribution in [1.29, 1.82) is 0 Å². The largest absolute Gasteiger partial charge is 0.478 e. The van der Waals surface area contributed by atoms with E-state index in [9.17, 15) is 19.8 Å². The lowest BCUT2D eigenvalue weighted by Crippen LogP contribution is -2.27. The smallest absolute Gasteiger partial charge is 0.336 e. The summed E-state index contributed by atoms with van der Waals surface area (Å²) in [4.78, 5) is 27.4. The van der Waals surface area contributed by atoms with Crippen LogP contribution < -0.4 is 0 Å². The van der Waals surface area contributed by atoms with E-state index in [-0.39, 0.29) is 11.1 Å². The molecule has 4 nitrogen and oxygen atoms in total. The highest BCUT2D eigenvalue weighted by molar-refractivity contribution is 8.01. The van der Waals surface area contributed by atoms with E-state index >= 15 is 0 Å². The summed E-state index contributed by atoms with van der Waals surface area (Å²) in [6, 6.07) is 62.8. The molecule has 7 rings (SSSR count). The van der Waals surface area contributed by atoms with Crippen LogP contribution in [0.2, 0.25) is 0 Å². The van der Waals surface area contributed by atoms with Gasteiger partial charge in [0.25, 0.3) is 0 Å². The summed E-state index contributed by atoms with van der Waals surface area (Å²) in [7, 11) is 0. The van der Waals surface area contributed by atoms with E-state index in [4.69, 9.17) is 0 Å². The van der Waals surface area contributed by atoms with Crippen LogP contribution in [0.4, 0.5) is 0 Å². The third kappa shape index (κ3) is 6.55. The van der Waals surface area contributed by atoms with Crippen LogP contribution in [0, 0.1) is 0 Å². The molecule has 0 aliphatic heterocycles. The van der Waals surface area contributed by atoms with Crippen LogP contribution in [0.1, 0.15) is 54.1 Å². The van der Waals surface area contributed by atoms with E-state index < -0.39 is 21.4 Å². The number of hydrogen-bond donors (Lipinski definition) is 2. The maximum atomic E-state index is 13.4. The molecule has 0 saturated carbocycles. The standard InChI is InChI=1S/C46H34O4S2/c47-43(48)39-32-42(52-46(36-25-13-4-14-26-36,37-27-15-5-16-28-37)38-29-17-6-18-30-38)40(44(49)50)31-41(39)51-45(33-19-7-1-8-20-33,34-21-9-2-10-22-34)35-23-11-3-12-24-35/h1-32H,(H,47,48)(H,49,50). The maximum Gasteiger partial charge on any atom is 0.336 e. The Balaban J connectivity index is 1.49. The zero-order chi connectivity index (χ0) is 36.0. The van der Waals surface area contributed by atoms with Gasteiger partial charge in [-0.1, -0.05) is 182 Å². The summed E-state index contributed by atoms with van der Waals surface area (Å²) in [5, 5.41) is 21.8. The second kappa shape index (κ2) is 15.2. The number of hydrogen-bond acceptors (Lipinski definition) is 4. The average molecular weight is 715 g/mol. The van der Waals surface area contributed by atoms with E-state index in [2.05, 4.69) is 0 Å². The molecule has 0 fully saturated rings. The normalized spacial score (nSPS) is 11.5. The summed E-state index contributed by atoms with van der Waals surface area (Å²) in [6.45, 7) is 0. The van der Waals surface area contributed by atoms with Crippen LogP contribution in [0.5, 0.6) is 0 Å². The van der Waals surface area contributed by atoms with Crippen molar-refractivity contribution in [2.24, 2.45) is 0 Å². The van der Waals surface area contributed by atoms with Crippen LogP contribution in [-0.4, -0.2) is 22.2 Å². The van der Waals surface area contributed by atoms with Gasteiger partial charge in [0.05, 0.1) is 20.6 Å². The van der Waals surface area contributed by atoms with Gasteiger partial charge >= 0.3 is 11.9 Å². The van der Waals surface area contributed by atoms with Crippen molar-refractivity contribution >= 4 is 35.5 Å². The molecule has 0 aliphatic carbocycles. The summed E-state index contributed by atoms with van der Waals surface area (Å²) in [6.07, 6.45) is 0. The molecular formula is C46H34O4S2. The zero-order valence-electron chi connectivity index (χ0n) is 28.0. The quantitative estimate of drug-likeness (QED) is 0.0969. The van der Waals surface area contributed by atoms with Crippen molar-refractivity contribution in [3.8, 4) is 0 Å². The van der Waals surface area contributed by atoms with Crippen LogP contribution in [0.3, 0.4) is 0 Å². The van der Waals surface area contributed by atoms with Crippen LogP contribution in [0.25, 0.3) is 0 Å². The Bertz CT molecular complexity index is 1920. The number of carboxylic acid groups (broad SMARTS) is 2. The third-order valence-corrected chi connectivity index (χ3v) is 12.3. The SMILES string of the molecule is O=C(O)c1cc(SC(c2ccccc2)(c2ccccc2)c2ccccc2)c(C(=O)O)cc1SC(c1ccccc1)(c1ccccc1)c1ccccc1. The third-order valence-electron chi connectivity index (χ3n) is 9.15. The van der Waals surface area contributed by atoms with Crippen LogP contribution >= 0.6 is 23.5 Å². The Kier molecular flexibility index (Phi) is 10.1. The second-order valence-electron chi connectivity index (χ2n) is 12.2. The Hall–Kier alpha value is -5.82. The Labute approximate surface area is 311 Å². The molecule has 7 aromatic rings. The van der Waals surface area contributed by atoms with Gasteiger partial charge < -0.3 is 10.2 Å². The van der Waals surface area contributed by atoms with Gasteiger partial charge in [-0.05, 0) is 45.5 Å². The molecule has 0 amide bonds. The molecule has 0 heterocycles. The molecule has 6 heteroatoms. The van der Waals surface area contributed by atoms with Gasteiger partial charge in [-0.2, -0.15) is 0 Å². The summed E-state index contributed by atoms with van der Waals surface area (Å²) in [5.41, 5.74) is 5.63. The number of carboxylic acids is 2. The first-order valence-corrected chi connectivity index (χ1v) is 18.4. The molecule has 0 atom stereocenters. The lowest BCUT2D eigenvalue weighted by atomic mass is 9.84. The highest BCUT2D eigenvalue weighted by atomic mass is 32.2. The van der Waals surface area contributed by atoms with Gasteiger partial charge in [0, 0.05) is 9.79 Å². The lowest BCUT2D eigenvalue weighted by molar-refractivity contribution is 0.0675. The summed E-state index contributed by atoms with van der Waals surface area (Å²) in [5.74, 6) is -2.29. The Morgan fingerprint density at radius 2 is 0.538 bits per heavy atom. The van der Waals surface area contributed by atoms with Crippen molar-refractivity contribution in [1.82, 2.24) is 0 Å². The van der Waals surface area contributed by atoms with Crippen LogP contribution in [-0.2, 0) is 9.49 Å². The summed E-state index contributed by atoms with van der Waals surface area (Å²) < 4.78 is -1.83. The topological polar surface area (TPSA) is 74.6 Å². The number of aromatic carboxylic acids is 2. The fourth-order valence-electron chi connectivity index (χ4n) is 6.78. The van der Waals surface area contributed by atoms with Gasteiger partial charge in [0.2, 0.25) is 0 Å². The number of benzene rings is 7. The number of rotatable bonds is 12. The zero-order valence-corrected chi connectivity index (χ0v) is 29.6. The first-order valence-electron chi connectivity index (χ1n) is 16.8. The predicted octanol–water partition coefficient (Wildman–Crippen LogP) is 11.3. The molecule has 0 unspecified atom stereocenters. The van der Waals surface area contributed by atoms with Gasteiger partial charge in [0.15, 0.2) is 0 Å². The van der Waals surface area contributed by atoms with Crippen molar-refractivity contribution in [3.05, 3.63) is 239 Å². The van der Waals surface area contributed by atoms with E-state index in [0.29, 0.717) is 9.79 Å². The van der Waals surface area contributed by atoms with E-state index in [1.54, 1.807) is 12.1 Å². The molecule has 254 valence electrons. The van der Waals surface area contributed by atoms with E-state index in [1.165, 1.54) is 23.5 Å². The molecule has 0 aromatic heterocycles. The monoisotopic (exact) mass is 714 g/mol. The molecule has 0 aliphatic rings. The Morgan fingerprint density at radius 3 is 0.712 bits per heavy atom.